The number of carbonyl (C=O) groups excluding carboxylic acids is 5. The molecular formula is C46H51Cl2F5N8O5. The number of hydrogen-bond donors (Lipinski definition) is 2. The highest BCUT2D eigenvalue weighted by molar-refractivity contribution is 6.31. The van der Waals surface area contributed by atoms with Gasteiger partial charge >= 0.3 is 24.1 Å². The Labute approximate surface area is 389 Å². The predicted octanol–water partition coefficient (Wildman–Crippen LogP) is 7.49. The summed E-state index contributed by atoms with van der Waals surface area (Å²) < 4.78 is 66.6. The molecule has 0 unspecified atom stereocenters. The summed E-state index contributed by atoms with van der Waals surface area (Å²) >= 11 is 12.0. The van der Waals surface area contributed by atoms with Crippen LogP contribution in [0.25, 0.3) is 0 Å². The fourth-order valence-electron chi connectivity index (χ4n) is 7.15. The van der Waals surface area contributed by atoms with Crippen LogP contribution in [-0.4, -0.2) is 134 Å². The molecule has 2 heterocycles. The summed E-state index contributed by atoms with van der Waals surface area (Å²) in [4.78, 5) is 72.4. The van der Waals surface area contributed by atoms with Gasteiger partial charge in [-0.2, -0.15) is 13.2 Å². The van der Waals surface area contributed by atoms with Gasteiger partial charge in [0.1, 0.15) is 11.6 Å². The molecule has 0 radical (unpaired) electrons. The molecule has 4 aromatic carbocycles. The Hall–Kier alpha value is -5.66. The number of halogens is 7. The van der Waals surface area contributed by atoms with Gasteiger partial charge in [0.15, 0.2) is 11.6 Å². The molecule has 3 N–H and O–H groups in total. The zero-order chi connectivity index (χ0) is 48.1. The Morgan fingerprint density at radius 3 is 1.32 bits per heavy atom. The van der Waals surface area contributed by atoms with Crippen LogP contribution in [0.3, 0.4) is 0 Å². The first-order valence-corrected chi connectivity index (χ1v) is 21.9. The molecule has 4 aromatic rings. The van der Waals surface area contributed by atoms with Gasteiger partial charge < -0.3 is 30.7 Å². The summed E-state index contributed by atoms with van der Waals surface area (Å²) in [7, 11) is 0. The highest BCUT2D eigenvalue weighted by Gasteiger charge is 2.38. The number of alkyl halides is 3. The second-order valence-corrected chi connectivity index (χ2v) is 16.2. The first-order valence-electron chi connectivity index (χ1n) is 21.2. The van der Waals surface area contributed by atoms with E-state index >= 15 is 0 Å². The molecule has 2 saturated heterocycles. The first-order chi connectivity index (χ1) is 31.4. The van der Waals surface area contributed by atoms with E-state index in [0.29, 0.717) is 66.3 Å². The summed E-state index contributed by atoms with van der Waals surface area (Å²) in [5.74, 6) is -4.84. The van der Waals surface area contributed by atoms with Crippen molar-refractivity contribution in [3.8, 4) is 0 Å². The molecule has 2 aliphatic heterocycles. The van der Waals surface area contributed by atoms with E-state index in [4.69, 9.17) is 28.9 Å². The predicted molar refractivity (Wildman–Crippen MR) is 243 cm³/mol. The molecule has 5 amide bonds. The number of nitrogens with one attached hydrogen (secondary N) is 1. The SMILES string of the molecule is CCN1CCN(C(=O)N(Cc2ccc(C(=O)CN)cc2F)c2ccc(Cl)cc2)CC1.CCN1CCN(C(=O)N(Cc2ccc(C(=O)CNC(=O)C(F)(F)F)cc2F)c2ccc(Cl)cc2)CC1. The summed E-state index contributed by atoms with van der Waals surface area (Å²) in [5.41, 5.74) is 6.91. The second kappa shape index (κ2) is 23.7. The number of rotatable bonds is 13. The fraction of sp³-hybridized carbons (Fsp3) is 0.370. The van der Waals surface area contributed by atoms with Crippen LogP contribution in [0.1, 0.15) is 45.7 Å². The molecule has 66 heavy (non-hydrogen) atoms. The molecule has 0 spiro atoms. The quantitative estimate of drug-likeness (QED) is 0.104. The van der Waals surface area contributed by atoms with Crippen molar-refractivity contribution < 1.29 is 45.9 Å². The summed E-state index contributed by atoms with van der Waals surface area (Å²) in [6, 6.07) is 20.5. The minimum Gasteiger partial charge on any atom is -0.341 e. The van der Waals surface area contributed by atoms with E-state index in [1.165, 1.54) is 40.5 Å². The normalized spacial score (nSPS) is 14.5. The van der Waals surface area contributed by atoms with E-state index in [1.807, 2.05) is 6.92 Å². The van der Waals surface area contributed by atoms with E-state index in [1.54, 1.807) is 63.2 Å². The molecule has 0 aliphatic carbocycles. The molecule has 6 rings (SSSR count). The zero-order valence-corrected chi connectivity index (χ0v) is 37.9. The van der Waals surface area contributed by atoms with Crippen LogP contribution in [0, 0.1) is 11.6 Å². The largest absolute Gasteiger partial charge is 0.471 e. The van der Waals surface area contributed by atoms with E-state index in [-0.39, 0.29) is 54.2 Å². The lowest BCUT2D eigenvalue weighted by molar-refractivity contribution is -0.173. The number of ketones is 2. The fourth-order valence-corrected chi connectivity index (χ4v) is 7.40. The van der Waals surface area contributed by atoms with E-state index in [9.17, 15) is 45.9 Å². The first kappa shape index (κ1) is 51.3. The summed E-state index contributed by atoms with van der Waals surface area (Å²) in [6.07, 6.45) is -5.13. The molecule has 354 valence electrons. The number of hydrogen-bond acceptors (Lipinski definition) is 8. The van der Waals surface area contributed by atoms with E-state index in [0.717, 1.165) is 32.2 Å². The van der Waals surface area contributed by atoms with Gasteiger partial charge in [0.05, 0.1) is 26.2 Å². The van der Waals surface area contributed by atoms with Crippen LogP contribution in [0.4, 0.5) is 42.9 Å². The van der Waals surface area contributed by atoms with Gasteiger partial charge in [-0.3, -0.25) is 24.2 Å². The third-order valence-electron chi connectivity index (χ3n) is 11.2. The Kier molecular flexibility index (Phi) is 18.4. The van der Waals surface area contributed by atoms with Gasteiger partial charge in [0.25, 0.3) is 0 Å². The third-order valence-corrected chi connectivity index (χ3v) is 11.7. The number of carbonyl (C=O) groups is 5. The van der Waals surface area contributed by atoms with Crippen LogP contribution in [0.5, 0.6) is 0 Å². The molecule has 0 aromatic heterocycles. The molecule has 20 heteroatoms. The summed E-state index contributed by atoms with van der Waals surface area (Å²) in [6.45, 7) is 10.0. The van der Waals surface area contributed by atoms with Gasteiger partial charge in [-0.1, -0.05) is 61.3 Å². The monoisotopic (exact) mass is 960 g/mol. The Balaban J connectivity index is 0.000000251. The molecule has 0 bridgehead atoms. The molecular weight excluding hydrogens is 910 g/mol. The number of piperazine rings is 2. The molecule has 2 aliphatic rings. The van der Waals surface area contributed by atoms with Crippen molar-refractivity contribution in [2.75, 3.05) is 88.3 Å². The third kappa shape index (κ3) is 13.9. The number of amides is 5. The second-order valence-electron chi connectivity index (χ2n) is 15.4. The number of anilines is 2. The molecule has 13 nitrogen and oxygen atoms in total. The summed E-state index contributed by atoms with van der Waals surface area (Å²) in [5, 5.41) is 2.48. The standard InChI is InChI=1S/C24H25ClF4N4O3.C22H26ClFN4O2/c1-2-31-9-11-32(12-10-31)23(36)33(19-7-5-18(25)6-8-19)15-17-4-3-16(13-20(17)26)21(34)14-30-22(35)24(27,28)29;1-2-26-9-11-27(12-10-26)22(30)28(19-7-5-18(23)6-8-19)15-17-4-3-16(13-20(17)24)21(29)14-25/h3-8,13H,2,9-12,14-15H2,1H3,(H,30,35);3-8,13H,2,9-12,14-15,25H2,1H3. The van der Waals surface area contributed by atoms with Crippen molar-refractivity contribution in [2.24, 2.45) is 5.73 Å². The lowest BCUT2D eigenvalue weighted by atomic mass is 10.1. The smallest absolute Gasteiger partial charge is 0.341 e. The maximum absolute atomic E-state index is 14.9. The van der Waals surface area contributed by atoms with Crippen molar-refractivity contribution in [1.29, 1.82) is 0 Å². The number of likely N-dealkylation sites (N-methyl/N-ethyl adjacent to an activating group) is 2. The number of nitrogens with zero attached hydrogens (tertiary/aromatic N) is 6. The van der Waals surface area contributed by atoms with Gasteiger partial charge in [0, 0.05) is 96.0 Å². The molecule has 2 fully saturated rings. The Bertz CT molecular complexity index is 2330. The topological polar surface area (TPSA) is 143 Å². The average Bonchev–Trinajstić information content (AvgIpc) is 3.32. The number of Topliss-reactive ketones (excluding diaryl/α,β-unsaturated/α-hetero) is 2. The number of nitrogens with two attached hydrogens (primary N) is 1. The number of urea groups is 2. The Morgan fingerprint density at radius 2 is 0.985 bits per heavy atom. The van der Waals surface area contributed by atoms with Gasteiger partial charge in [-0.05, 0) is 73.8 Å². The van der Waals surface area contributed by atoms with Crippen LogP contribution in [0.15, 0.2) is 84.9 Å². The minimum atomic E-state index is -5.13. The van der Waals surface area contributed by atoms with Crippen LogP contribution in [-0.2, 0) is 17.9 Å². The van der Waals surface area contributed by atoms with Crippen LogP contribution < -0.4 is 20.9 Å². The lowest BCUT2D eigenvalue weighted by Crippen LogP contribution is -2.52. The van der Waals surface area contributed by atoms with Gasteiger partial charge in [-0.15, -0.1) is 0 Å². The van der Waals surface area contributed by atoms with Crippen molar-refractivity contribution >= 4 is 64.1 Å². The Morgan fingerprint density at radius 1 is 0.606 bits per heavy atom. The van der Waals surface area contributed by atoms with Crippen LogP contribution in [0.2, 0.25) is 10.0 Å². The lowest BCUT2D eigenvalue weighted by Gasteiger charge is -2.37. The highest BCUT2D eigenvalue weighted by atomic mass is 35.5. The van der Waals surface area contributed by atoms with Gasteiger partial charge in [0.2, 0.25) is 0 Å². The average molecular weight is 962 g/mol. The maximum Gasteiger partial charge on any atom is 0.471 e. The van der Waals surface area contributed by atoms with E-state index in [2.05, 4.69) is 16.7 Å². The van der Waals surface area contributed by atoms with Crippen molar-refractivity contribution in [3.63, 3.8) is 0 Å². The van der Waals surface area contributed by atoms with E-state index < -0.39 is 36.0 Å². The maximum atomic E-state index is 14.9. The molecule has 0 saturated carbocycles. The minimum absolute atomic E-state index is 0.0391. The zero-order valence-electron chi connectivity index (χ0n) is 36.4. The molecule has 0 atom stereocenters. The van der Waals surface area contributed by atoms with Crippen molar-refractivity contribution in [1.82, 2.24) is 24.9 Å². The van der Waals surface area contributed by atoms with Crippen molar-refractivity contribution in [2.45, 2.75) is 33.1 Å². The highest BCUT2D eigenvalue weighted by Crippen LogP contribution is 2.26. The van der Waals surface area contributed by atoms with Crippen LogP contribution >= 0.6 is 23.2 Å². The van der Waals surface area contributed by atoms with Gasteiger partial charge in [-0.25, -0.2) is 18.4 Å². The van der Waals surface area contributed by atoms with Crippen molar-refractivity contribution in [3.05, 3.63) is 129 Å². The number of benzene rings is 4.